The van der Waals surface area contributed by atoms with Gasteiger partial charge in [0.2, 0.25) is 82.7 Å². The average Bonchev–Trinajstić information content (AvgIpc) is 1.62. The van der Waals surface area contributed by atoms with E-state index in [1.165, 1.54) is 54.8 Å². The summed E-state index contributed by atoms with van der Waals surface area (Å²) in [5.41, 5.74) is 6.84. The van der Waals surface area contributed by atoms with E-state index in [9.17, 15) is 112 Å². The van der Waals surface area contributed by atoms with Crippen molar-refractivity contribution >= 4 is 107 Å². The maximum Gasteiger partial charge on any atom is 0.325 e. The summed E-state index contributed by atoms with van der Waals surface area (Å²) >= 11 is 0. The molecule has 0 radical (unpaired) electrons. The molecule has 0 spiro atoms. The Morgan fingerprint density at radius 2 is 0.889 bits per heavy atom. The molecule has 19 N–H and O–H groups in total. The third-order valence-corrected chi connectivity index (χ3v) is 17.5. The van der Waals surface area contributed by atoms with E-state index in [0.29, 0.717) is 17.5 Å². The number of carboxylic acids is 4. The van der Waals surface area contributed by atoms with Crippen LogP contribution in [0.4, 0.5) is 0 Å². The number of benzene rings is 2. The summed E-state index contributed by atoms with van der Waals surface area (Å²) in [5.74, 6) is -20.8. The Labute approximate surface area is 622 Å². The lowest BCUT2D eigenvalue weighted by atomic mass is 9.99. The van der Waals surface area contributed by atoms with Gasteiger partial charge in [0.15, 0.2) is 0 Å². The number of carbonyl (C=O) groups is 18. The molecule has 2 heterocycles. The molecule has 594 valence electrons. The molecule has 2 saturated heterocycles. The Balaban J connectivity index is 1.45. The molecule has 2 aliphatic heterocycles. The third-order valence-electron chi connectivity index (χ3n) is 17.5. The quantitative estimate of drug-likeness (QED) is 0.0300. The number of rotatable bonds is 42. The van der Waals surface area contributed by atoms with Crippen LogP contribution in [0.2, 0.25) is 0 Å². The van der Waals surface area contributed by atoms with Crippen LogP contribution in [0, 0.1) is 17.8 Å². The summed E-state index contributed by atoms with van der Waals surface area (Å²) in [6.07, 6.45) is -2.93. The van der Waals surface area contributed by atoms with Crippen molar-refractivity contribution in [3.8, 4) is 5.75 Å². The number of nitrogens with two attached hydrogens (primary N) is 1. The minimum absolute atomic E-state index is 0.0159. The van der Waals surface area contributed by atoms with Crippen molar-refractivity contribution < 1.29 is 112 Å². The van der Waals surface area contributed by atoms with Gasteiger partial charge in [-0.15, -0.1) is 0 Å². The predicted molar refractivity (Wildman–Crippen MR) is 380 cm³/mol. The zero-order valence-corrected chi connectivity index (χ0v) is 61.6. The first-order chi connectivity index (χ1) is 50.7. The topological polar surface area (TPSA) is 585 Å². The lowest BCUT2D eigenvalue weighted by Gasteiger charge is -2.32. The number of hydrogen-bond donors (Lipinski definition) is 18. The highest BCUT2D eigenvalue weighted by atomic mass is 16.4. The second-order valence-electron chi connectivity index (χ2n) is 27.7. The van der Waals surface area contributed by atoms with Gasteiger partial charge >= 0.3 is 23.9 Å². The van der Waals surface area contributed by atoms with Gasteiger partial charge in [0, 0.05) is 32.4 Å². The summed E-state index contributed by atoms with van der Waals surface area (Å²) in [4.78, 5) is 242. The fraction of sp³-hybridized carbons (Fsp3) is 0.571. The first-order valence-electron chi connectivity index (χ1n) is 35.3. The normalized spacial score (nSPS) is 17.0. The van der Waals surface area contributed by atoms with Gasteiger partial charge in [0.1, 0.15) is 78.3 Å². The zero-order chi connectivity index (χ0) is 81.0. The Bertz CT molecular complexity index is 3600. The molecule has 108 heavy (non-hydrogen) atoms. The molecule has 38 heteroatoms. The van der Waals surface area contributed by atoms with E-state index < -0.39 is 236 Å². The monoisotopic (exact) mass is 1520 g/mol. The summed E-state index contributed by atoms with van der Waals surface area (Å²) in [6.45, 7) is 11.9. The number of carbonyl (C=O) groups excluding carboxylic acids is 14. The molecule has 14 amide bonds. The van der Waals surface area contributed by atoms with Gasteiger partial charge in [0.25, 0.3) is 0 Å². The van der Waals surface area contributed by atoms with Gasteiger partial charge in [-0.2, -0.15) is 0 Å². The number of nitrogens with one attached hydrogen (secondary N) is 12. The molecule has 2 aromatic rings. The van der Waals surface area contributed by atoms with E-state index >= 15 is 0 Å². The zero-order valence-electron chi connectivity index (χ0n) is 61.6. The highest BCUT2D eigenvalue weighted by Gasteiger charge is 2.43. The van der Waals surface area contributed by atoms with Gasteiger partial charge in [0.05, 0.1) is 32.0 Å². The number of aromatic hydroxyl groups is 1. The van der Waals surface area contributed by atoms with E-state index in [1.807, 2.05) is 5.32 Å². The van der Waals surface area contributed by atoms with Gasteiger partial charge in [-0.05, 0) is 100 Å². The van der Waals surface area contributed by atoms with Crippen LogP contribution in [-0.4, -0.2) is 247 Å². The number of likely N-dealkylation sites (tertiary alicyclic amines) is 2. The minimum Gasteiger partial charge on any atom is -0.508 e. The highest BCUT2D eigenvalue weighted by Crippen LogP contribution is 2.24. The molecule has 4 rings (SSSR count). The molecule has 38 nitrogen and oxygen atoms in total. The number of aliphatic carboxylic acids is 4. The van der Waals surface area contributed by atoms with Crippen molar-refractivity contribution in [2.45, 2.75) is 211 Å². The second-order valence-corrected chi connectivity index (χ2v) is 27.7. The second kappa shape index (κ2) is 42.7. The minimum atomic E-state index is -2.02. The van der Waals surface area contributed by atoms with Crippen molar-refractivity contribution in [3.63, 3.8) is 0 Å². The van der Waals surface area contributed by atoms with Crippen LogP contribution in [0.1, 0.15) is 131 Å². The average molecular weight is 1520 g/mol. The number of carboxylic acid groups (broad SMARTS) is 4. The lowest BCUT2D eigenvalue weighted by Crippen LogP contribution is -2.61. The molecule has 13 atom stereocenters. The first-order valence-corrected chi connectivity index (χ1v) is 35.3. The Morgan fingerprint density at radius 3 is 1.39 bits per heavy atom. The van der Waals surface area contributed by atoms with Crippen LogP contribution in [-0.2, 0) is 99.1 Å². The van der Waals surface area contributed by atoms with Crippen molar-refractivity contribution in [2.24, 2.45) is 23.5 Å². The SMILES string of the molecule is CC(C)C[C@H](NC(=O)[C@H](Cc1ccc(O)cc1)NC(=O)[C@H](Cc1ccccc1)NC(=O)[C@@H]1CCCN1C(=O)[C@@H](NC(=O)[C@H](C)N)C(C)C)C(=O)N1CCC[C@H]1C(=O)N[C@@H](CCC(=O)O)C(=O)NCC(=O)NCC(=O)N[C@@H](C)C(=O)N[C@@H](CC(=O)O)C(=O)N[C@@H](CC(=O)O)C(=O)N[C@H](C(=O)N[C@@H](C)C(=O)O)C(C)C. The Morgan fingerprint density at radius 1 is 0.435 bits per heavy atom. The largest absolute Gasteiger partial charge is 0.508 e. The number of hydrogen-bond acceptors (Lipinski definition) is 20. The summed E-state index contributed by atoms with van der Waals surface area (Å²) in [5, 5.41) is 76.6. The first kappa shape index (κ1) is 89.1. The van der Waals surface area contributed by atoms with E-state index in [-0.39, 0.29) is 63.3 Å². The summed E-state index contributed by atoms with van der Waals surface area (Å²) < 4.78 is 0. The predicted octanol–water partition coefficient (Wildman–Crippen LogP) is -4.12. The van der Waals surface area contributed by atoms with E-state index in [1.54, 1.807) is 58.0 Å². The molecular formula is C70H101N15O23. The van der Waals surface area contributed by atoms with Gasteiger partial charge in [-0.3, -0.25) is 86.3 Å². The fourth-order valence-corrected chi connectivity index (χ4v) is 11.6. The van der Waals surface area contributed by atoms with E-state index in [0.717, 1.165) is 13.8 Å². The molecule has 2 aromatic carbocycles. The molecule has 0 aromatic heterocycles. The number of amides is 14. The lowest BCUT2D eigenvalue weighted by molar-refractivity contribution is -0.144. The molecule has 2 aliphatic rings. The van der Waals surface area contributed by atoms with Crippen LogP contribution in [0.15, 0.2) is 54.6 Å². The van der Waals surface area contributed by atoms with Gasteiger partial charge < -0.3 is 105 Å². The standard InChI is InChI=1S/C70H101N15O23/c1-34(2)27-48(81-62(99)44(29-41-19-21-42(86)22-20-41)78-61(98)45(28-40-15-11-10-12-16-40)80-66(103)50-18-14-26-85(50)69(106)57(36(5)6)83-58(95)37(7)71)68(105)84-25-13-17-49(84)65(102)76-43(23-24-53(89)90)60(97)73-32-51(87)72-33-52(88)74-38(8)59(96)77-46(30-54(91)92)63(100)79-47(31-55(93)94)64(101)82-56(35(3)4)67(104)75-39(9)70(107)108/h10-12,15-16,19-22,34-39,43-50,56-57,86H,13-14,17-18,23-33,71H2,1-9H3,(H,72,87)(H,73,97)(H,74,88)(H,75,104)(H,76,102)(H,77,96)(H,78,98)(H,79,100)(H,80,103)(H,81,99)(H,82,101)(H,83,95)(H,89,90)(H,91,92)(H,93,94)(H,107,108)/t37-,38-,39-,43-,44-,45-,46-,47-,48-,49-,50-,56-,57-/m0/s1. The van der Waals surface area contributed by atoms with Crippen molar-refractivity contribution in [2.75, 3.05) is 26.2 Å². The number of nitrogens with zero attached hydrogens (tertiary/aromatic N) is 2. The van der Waals surface area contributed by atoms with Crippen LogP contribution < -0.4 is 69.5 Å². The molecule has 0 unspecified atom stereocenters. The Kier molecular flexibility index (Phi) is 35.2. The molecule has 0 bridgehead atoms. The third kappa shape index (κ3) is 28.8. The highest BCUT2D eigenvalue weighted by molar-refractivity contribution is 6.01. The van der Waals surface area contributed by atoms with Crippen LogP contribution in [0.3, 0.4) is 0 Å². The Hall–Kier alpha value is -11.3. The van der Waals surface area contributed by atoms with Crippen molar-refractivity contribution in [1.29, 1.82) is 0 Å². The molecule has 0 aliphatic carbocycles. The maximum absolute atomic E-state index is 14.8. The molecule has 0 saturated carbocycles. The summed E-state index contributed by atoms with van der Waals surface area (Å²) in [6, 6.07) is -4.33. The van der Waals surface area contributed by atoms with Gasteiger partial charge in [-0.25, -0.2) is 0 Å². The van der Waals surface area contributed by atoms with Gasteiger partial charge in [-0.1, -0.05) is 84.0 Å². The van der Waals surface area contributed by atoms with Crippen LogP contribution in [0.5, 0.6) is 5.75 Å². The van der Waals surface area contributed by atoms with Crippen LogP contribution >= 0.6 is 0 Å². The van der Waals surface area contributed by atoms with Crippen molar-refractivity contribution in [3.05, 3.63) is 65.7 Å². The van der Waals surface area contributed by atoms with E-state index in [2.05, 4.69) is 58.5 Å². The molecular weight excluding hydrogens is 1420 g/mol. The van der Waals surface area contributed by atoms with E-state index in [4.69, 9.17) is 5.73 Å². The summed E-state index contributed by atoms with van der Waals surface area (Å²) in [7, 11) is 0. The van der Waals surface area contributed by atoms with Crippen molar-refractivity contribution in [1.82, 2.24) is 73.6 Å². The fourth-order valence-electron chi connectivity index (χ4n) is 11.6. The molecule has 2 fully saturated rings. The number of phenolic OH excluding ortho intramolecular Hbond substituents is 1. The van der Waals surface area contributed by atoms with Crippen LogP contribution in [0.25, 0.3) is 0 Å². The smallest absolute Gasteiger partial charge is 0.325 e. The number of phenols is 1. The maximum atomic E-state index is 14.8.